The highest BCUT2D eigenvalue weighted by Crippen LogP contribution is 2.77. The van der Waals surface area contributed by atoms with Crippen LogP contribution in [0.4, 0.5) is 0 Å². The molecule has 0 spiro atoms. The molecule has 190 valence electrons. The highest BCUT2D eigenvalue weighted by Gasteiger charge is 2.70. The number of aliphatic hydroxyl groups is 3. The first-order chi connectivity index (χ1) is 15.2. The number of fused-ring (bicyclic) bond motifs is 7. The van der Waals surface area contributed by atoms with Gasteiger partial charge in [-0.25, -0.2) is 0 Å². The van der Waals surface area contributed by atoms with Crippen molar-refractivity contribution < 1.29 is 15.3 Å². The normalized spacial score (nSPS) is 57.3. The van der Waals surface area contributed by atoms with E-state index in [4.69, 9.17) is 0 Å². The Morgan fingerprint density at radius 1 is 0.758 bits per heavy atom. The monoisotopic (exact) mass is 460 g/mol. The van der Waals surface area contributed by atoms with Crippen LogP contribution in [0.2, 0.25) is 0 Å². The van der Waals surface area contributed by atoms with E-state index in [1.54, 1.807) is 0 Å². The molecule has 0 amide bonds. The van der Waals surface area contributed by atoms with Gasteiger partial charge in [0, 0.05) is 0 Å². The minimum Gasteiger partial charge on any atom is -0.393 e. The molecule has 5 fully saturated rings. The Morgan fingerprint density at radius 3 is 2.12 bits per heavy atom. The summed E-state index contributed by atoms with van der Waals surface area (Å²) in [6.45, 7) is 16.8. The minimum atomic E-state index is -0.967. The van der Waals surface area contributed by atoms with E-state index in [-0.39, 0.29) is 24.0 Å². The van der Waals surface area contributed by atoms with E-state index in [1.807, 2.05) is 6.92 Å². The van der Waals surface area contributed by atoms with Crippen molar-refractivity contribution in [1.29, 1.82) is 0 Å². The van der Waals surface area contributed by atoms with E-state index < -0.39 is 5.60 Å². The number of hydrogen-bond acceptors (Lipinski definition) is 3. The van der Waals surface area contributed by atoms with Crippen molar-refractivity contribution in [2.75, 3.05) is 6.61 Å². The largest absolute Gasteiger partial charge is 0.393 e. The van der Waals surface area contributed by atoms with Crippen LogP contribution in [0.15, 0.2) is 0 Å². The molecule has 0 bridgehead atoms. The van der Waals surface area contributed by atoms with Gasteiger partial charge < -0.3 is 15.3 Å². The molecule has 3 N–H and O–H groups in total. The third kappa shape index (κ3) is 2.97. The topological polar surface area (TPSA) is 60.7 Å². The maximum Gasteiger partial charge on any atom is 0.0880 e. The molecule has 0 aromatic rings. The third-order valence-electron chi connectivity index (χ3n) is 13.9. The first-order valence-electron chi connectivity index (χ1n) is 14.2. The molecule has 0 aromatic heterocycles. The van der Waals surface area contributed by atoms with Crippen molar-refractivity contribution in [2.45, 2.75) is 124 Å². The Balaban J connectivity index is 1.54. The van der Waals surface area contributed by atoms with E-state index in [2.05, 4.69) is 41.5 Å². The number of aliphatic hydroxyl groups excluding tert-OH is 2. The molecule has 0 saturated heterocycles. The van der Waals surface area contributed by atoms with Gasteiger partial charge in [0.15, 0.2) is 0 Å². The van der Waals surface area contributed by atoms with E-state index in [0.717, 1.165) is 18.8 Å². The van der Waals surface area contributed by atoms with Crippen molar-refractivity contribution in [3.8, 4) is 0 Å². The third-order valence-corrected chi connectivity index (χ3v) is 13.9. The Morgan fingerprint density at radius 2 is 1.45 bits per heavy atom. The van der Waals surface area contributed by atoms with Gasteiger partial charge in [0.2, 0.25) is 0 Å². The first kappa shape index (κ1) is 24.6. The fourth-order valence-electron chi connectivity index (χ4n) is 11.7. The Hall–Kier alpha value is -0.120. The molecule has 0 aromatic carbocycles. The first-order valence-corrected chi connectivity index (χ1v) is 14.2. The fraction of sp³-hybridized carbons (Fsp3) is 1.00. The number of rotatable bonds is 2. The van der Waals surface area contributed by atoms with Gasteiger partial charge in [-0.2, -0.15) is 0 Å². The van der Waals surface area contributed by atoms with Gasteiger partial charge in [0.25, 0.3) is 0 Å². The highest BCUT2D eigenvalue weighted by atomic mass is 16.3. The summed E-state index contributed by atoms with van der Waals surface area (Å²) in [6, 6.07) is 0. The van der Waals surface area contributed by atoms with Gasteiger partial charge in [0.05, 0.1) is 18.3 Å². The lowest BCUT2D eigenvalue weighted by Gasteiger charge is -2.73. The summed E-state index contributed by atoms with van der Waals surface area (Å²) in [5, 5.41) is 32.2. The second-order valence-electron chi connectivity index (χ2n) is 15.4. The van der Waals surface area contributed by atoms with Crippen LogP contribution >= 0.6 is 0 Å². The summed E-state index contributed by atoms with van der Waals surface area (Å²) < 4.78 is 0. The maximum atomic E-state index is 11.3. The second kappa shape index (κ2) is 7.22. The molecule has 3 nitrogen and oxygen atoms in total. The average molecular weight is 461 g/mol. The predicted molar refractivity (Wildman–Crippen MR) is 134 cm³/mol. The average Bonchev–Trinajstić information content (AvgIpc) is 3.10. The lowest BCUT2D eigenvalue weighted by atomic mass is 9.32. The van der Waals surface area contributed by atoms with Crippen LogP contribution < -0.4 is 0 Å². The molecule has 0 aliphatic heterocycles. The van der Waals surface area contributed by atoms with Crippen LogP contribution in [0.25, 0.3) is 0 Å². The standard InChI is InChI=1S/C30H52O3/c1-25(2)21-11-15-29(6)22(27(21,4)14-12-23(25)32)9-8-19-24-20(30(7,33)18-31)10-13-26(24,3)16-17-28(19,29)5/h19-24,31-33H,8-18H2,1-7H3/t19-,20-,21+,22-,23-,24+,26-,27+,28-,29-,30?/m1/s1. The van der Waals surface area contributed by atoms with Crippen LogP contribution in [-0.2, 0) is 0 Å². The second-order valence-corrected chi connectivity index (χ2v) is 15.4. The molecule has 5 saturated carbocycles. The molecule has 5 rings (SSSR count). The van der Waals surface area contributed by atoms with Crippen molar-refractivity contribution >= 4 is 0 Å². The molecule has 3 heteroatoms. The van der Waals surface area contributed by atoms with E-state index in [9.17, 15) is 15.3 Å². The summed E-state index contributed by atoms with van der Waals surface area (Å²) in [5.74, 6) is 2.71. The lowest BCUT2D eigenvalue weighted by Crippen LogP contribution is -2.67. The molecule has 5 aliphatic rings. The van der Waals surface area contributed by atoms with Crippen molar-refractivity contribution in [3.63, 3.8) is 0 Å². The quantitative estimate of drug-likeness (QED) is 0.460. The van der Waals surface area contributed by atoms with E-state index >= 15 is 0 Å². The Bertz CT molecular complexity index is 789. The van der Waals surface area contributed by atoms with Crippen LogP contribution in [0, 0.1) is 56.7 Å². The summed E-state index contributed by atoms with van der Waals surface area (Å²) in [5.41, 5.74) is 0.284. The van der Waals surface area contributed by atoms with Crippen LogP contribution in [-0.4, -0.2) is 33.6 Å². The highest BCUT2D eigenvalue weighted by molar-refractivity contribution is 5.19. The van der Waals surface area contributed by atoms with Gasteiger partial charge in [-0.1, -0.05) is 41.5 Å². The maximum absolute atomic E-state index is 11.3. The van der Waals surface area contributed by atoms with Gasteiger partial charge >= 0.3 is 0 Å². The molecule has 0 radical (unpaired) electrons. The molecule has 11 atom stereocenters. The molecule has 1 unspecified atom stereocenters. The van der Waals surface area contributed by atoms with Gasteiger partial charge in [-0.3, -0.25) is 0 Å². The predicted octanol–water partition coefficient (Wildman–Crippen LogP) is 6.19. The zero-order chi connectivity index (χ0) is 24.2. The van der Waals surface area contributed by atoms with Gasteiger partial charge in [-0.15, -0.1) is 0 Å². The Labute approximate surface area is 203 Å². The van der Waals surface area contributed by atoms with Crippen LogP contribution in [0.1, 0.15) is 113 Å². The molecule has 5 aliphatic carbocycles. The van der Waals surface area contributed by atoms with Gasteiger partial charge in [-0.05, 0) is 128 Å². The molecule has 33 heavy (non-hydrogen) atoms. The Kier molecular flexibility index (Phi) is 5.38. The zero-order valence-corrected chi connectivity index (χ0v) is 22.6. The van der Waals surface area contributed by atoms with Crippen molar-refractivity contribution in [1.82, 2.24) is 0 Å². The van der Waals surface area contributed by atoms with Crippen molar-refractivity contribution in [3.05, 3.63) is 0 Å². The summed E-state index contributed by atoms with van der Waals surface area (Å²) in [7, 11) is 0. The van der Waals surface area contributed by atoms with Crippen molar-refractivity contribution in [2.24, 2.45) is 56.7 Å². The fourth-order valence-corrected chi connectivity index (χ4v) is 11.7. The zero-order valence-electron chi connectivity index (χ0n) is 22.6. The molecular weight excluding hydrogens is 408 g/mol. The van der Waals surface area contributed by atoms with Gasteiger partial charge in [0.1, 0.15) is 0 Å². The minimum absolute atomic E-state index is 0.00754. The van der Waals surface area contributed by atoms with Crippen LogP contribution in [0.5, 0.6) is 0 Å². The molecule has 0 heterocycles. The van der Waals surface area contributed by atoms with E-state index in [1.165, 1.54) is 51.4 Å². The molecular formula is C30H52O3. The lowest BCUT2D eigenvalue weighted by molar-refractivity contribution is -0.251. The summed E-state index contributed by atoms with van der Waals surface area (Å²) in [6.07, 6.45) is 11.9. The van der Waals surface area contributed by atoms with Crippen LogP contribution in [0.3, 0.4) is 0 Å². The summed E-state index contributed by atoms with van der Waals surface area (Å²) in [4.78, 5) is 0. The number of hydrogen-bond donors (Lipinski definition) is 3. The smallest absolute Gasteiger partial charge is 0.0880 e. The summed E-state index contributed by atoms with van der Waals surface area (Å²) >= 11 is 0. The van der Waals surface area contributed by atoms with E-state index in [0.29, 0.717) is 39.4 Å². The SMILES string of the molecule is CC(O)(CO)[C@@H]1CC[C@]2(C)CC[C@]3(C)[C@H](CC[C@@H]4[C@@]5(C)CC[C@@H](O)C(C)(C)[C@@H]5CC[C@]43C)[C@@H]12.